The van der Waals surface area contributed by atoms with Gasteiger partial charge in [0.1, 0.15) is 6.67 Å². The smallest absolute Gasteiger partial charge is 0.163 e. The van der Waals surface area contributed by atoms with Crippen LogP contribution in [-0.2, 0) is 12.8 Å². The largest absolute Gasteiger partial charge is 0.493 e. The Morgan fingerprint density at radius 2 is 2.07 bits per heavy atom. The lowest BCUT2D eigenvalue weighted by atomic mass is 10.1. The lowest BCUT2D eigenvalue weighted by Gasteiger charge is -2.18. The minimum absolute atomic E-state index is 0.319. The van der Waals surface area contributed by atoms with E-state index in [1.54, 1.807) is 7.11 Å². The molecule has 0 saturated heterocycles. The van der Waals surface area contributed by atoms with Gasteiger partial charge in [-0.1, -0.05) is 0 Å². The van der Waals surface area contributed by atoms with Crippen molar-refractivity contribution < 1.29 is 13.9 Å². The minimum atomic E-state index is -0.319. The fraction of sp³-hybridized carbons (Fsp3) is 0.571. The first-order valence-corrected chi connectivity index (χ1v) is 9.82. The van der Waals surface area contributed by atoms with Gasteiger partial charge in [-0.05, 0) is 51.3 Å². The van der Waals surface area contributed by atoms with E-state index in [2.05, 4.69) is 12.2 Å². The Morgan fingerprint density at radius 1 is 1.22 bits per heavy atom. The van der Waals surface area contributed by atoms with Crippen molar-refractivity contribution in [2.24, 2.45) is 0 Å². The van der Waals surface area contributed by atoms with E-state index in [4.69, 9.17) is 14.5 Å². The van der Waals surface area contributed by atoms with Gasteiger partial charge in [-0.25, -0.2) is 4.39 Å². The molecule has 1 heterocycles. The van der Waals surface area contributed by atoms with Crippen molar-refractivity contribution >= 4 is 16.6 Å². The topological polar surface area (TPSA) is 46.6 Å². The van der Waals surface area contributed by atoms with Crippen LogP contribution in [0.25, 0.3) is 10.9 Å². The number of hydrogen-bond acceptors (Lipinski definition) is 5. The quantitative estimate of drug-likeness (QED) is 0.640. The second-order valence-electron chi connectivity index (χ2n) is 7.01. The normalized spacial score (nSPS) is 13.2. The third-order valence-electron chi connectivity index (χ3n) is 5.06. The van der Waals surface area contributed by atoms with Crippen LogP contribution in [0.2, 0.25) is 0 Å². The molecule has 27 heavy (non-hydrogen) atoms. The number of hydrogen-bond donors (Lipinski definition) is 1. The van der Waals surface area contributed by atoms with E-state index in [1.807, 2.05) is 24.1 Å². The number of aromatic nitrogens is 1. The predicted octanol–water partition coefficient (Wildman–Crippen LogP) is 3.83. The fourth-order valence-corrected chi connectivity index (χ4v) is 3.69. The molecule has 1 aliphatic rings. The van der Waals surface area contributed by atoms with Crippen LogP contribution in [0, 0.1) is 0 Å². The van der Waals surface area contributed by atoms with Gasteiger partial charge in [-0.3, -0.25) is 4.98 Å². The molecule has 0 amide bonds. The zero-order chi connectivity index (χ0) is 19.2. The second-order valence-corrected chi connectivity index (χ2v) is 7.01. The number of ether oxygens (including phenoxy) is 2. The van der Waals surface area contributed by atoms with Gasteiger partial charge in [0, 0.05) is 42.5 Å². The molecule has 0 saturated carbocycles. The number of alkyl halides is 1. The number of fused-ring (bicyclic) bond motifs is 2. The van der Waals surface area contributed by atoms with Gasteiger partial charge in [0.05, 0.1) is 19.2 Å². The van der Waals surface area contributed by atoms with Crippen LogP contribution in [0.1, 0.15) is 31.0 Å². The summed E-state index contributed by atoms with van der Waals surface area (Å²) < 4.78 is 23.9. The van der Waals surface area contributed by atoms with E-state index < -0.39 is 0 Å². The molecule has 0 radical (unpaired) electrons. The molecule has 0 atom stereocenters. The average Bonchev–Trinajstić information content (AvgIpc) is 3.13. The molecule has 1 aromatic carbocycles. The van der Waals surface area contributed by atoms with Crippen molar-refractivity contribution in [3.63, 3.8) is 0 Å². The van der Waals surface area contributed by atoms with E-state index in [0.29, 0.717) is 18.9 Å². The summed E-state index contributed by atoms with van der Waals surface area (Å²) in [5.41, 5.74) is 4.67. The van der Waals surface area contributed by atoms with E-state index in [9.17, 15) is 4.39 Å². The Hall–Kier alpha value is -2.08. The van der Waals surface area contributed by atoms with Gasteiger partial charge in [0.25, 0.3) is 0 Å². The first-order chi connectivity index (χ1) is 13.2. The number of benzene rings is 1. The number of halogens is 1. The molecule has 2 aromatic rings. The number of pyridine rings is 1. The molecular formula is C21H30FN3O2. The molecule has 6 heteroatoms. The summed E-state index contributed by atoms with van der Waals surface area (Å²) >= 11 is 0. The molecule has 1 aliphatic carbocycles. The molecule has 0 fully saturated rings. The van der Waals surface area contributed by atoms with Gasteiger partial charge in [0.15, 0.2) is 11.5 Å². The minimum Gasteiger partial charge on any atom is -0.493 e. The Morgan fingerprint density at radius 3 is 2.81 bits per heavy atom. The van der Waals surface area contributed by atoms with Gasteiger partial charge < -0.3 is 19.7 Å². The summed E-state index contributed by atoms with van der Waals surface area (Å²) in [7, 11) is 3.58. The highest BCUT2D eigenvalue weighted by atomic mass is 19.1. The Balaban J connectivity index is 1.83. The second kappa shape index (κ2) is 9.22. The lowest BCUT2D eigenvalue weighted by molar-refractivity contribution is 0.244. The number of methoxy groups -OCH3 is 1. The Bertz CT molecular complexity index is 782. The van der Waals surface area contributed by atoms with Crippen molar-refractivity contribution in [3.05, 3.63) is 23.4 Å². The molecule has 1 aromatic heterocycles. The first kappa shape index (κ1) is 19.7. The number of nitrogens with one attached hydrogen (secondary N) is 1. The van der Waals surface area contributed by atoms with Crippen LogP contribution in [0.3, 0.4) is 0 Å². The lowest BCUT2D eigenvalue weighted by Crippen LogP contribution is -2.23. The standard InChI is InChI=1S/C21H30FN3O2/c1-4-23-21-15-7-5-8-17(15)24-18-14-20(19(26-3)13-16(18)21)27-12-6-10-25(2)11-9-22/h13-14H,4-12H2,1-3H3,(H,23,24). The summed E-state index contributed by atoms with van der Waals surface area (Å²) in [6, 6.07) is 4.02. The highest BCUT2D eigenvalue weighted by Crippen LogP contribution is 2.39. The van der Waals surface area contributed by atoms with Gasteiger partial charge in [-0.15, -0.1) is 0 Å². The molecule has 0 aliphatic heterocycles. The van der Waals surface area contributed by atoms with Crippen LogP contribution in [0.5, 0.6) is 11.5 Å². The Kier molecular flexibility index (Phi) is 6.72. The van der Waals surface area contributed by atoms with Crippen LogP contribution in [-0.4, -0.2) is 57.0 Å². The molecule has 148 valence electrons. The van der Waals surface area contributed by atoms with Crippen molar-refractivity contribution in [3.8, 4) is 11.5 Å². The third-order valence-corrected chi connectivity index (χ3v) is 5.06. The molecule has 0 spiro atoms. The highest BCUT2D eigenvalue weighted by Gasteiger charge is 2.21. The summed E-state index contributed by atoms with van der Waals surface area (Å²) in [6.07, 6.45) is 4.10. The first-order valence-electron chi connectivity index (χ1n) is 9.82. The maximum Gasteiger partial charge on any atom is 0.163 e. The van der Waals surface area contributed by atoms with Gasteiger partial charge in [-0.2, -0.15) is 0 Å². The number of nitrogens with zero attached hydrogens (tertiary/aromatic N) is 2. The van der Waals surface area contributed by atoms with E-state index in [1.165, 1.54) is 16.9 Å². The molecule has 5 nitrogen and oxygen atoms in total. The summed E-state index contributed by atoms with van der Waals surface area (Å²) in [5.74, 6) is 1.43. The molecule has 3 rings (SSSR count). The van der Waals surface area contributed by atoms with Crippen molar-refractivity contribution in [2.45, 2.75) is 32.6 Å². The molecule has 1 N–H and O–H groups in total. The van der Waals surface area contributed by atoms with Gasteiger partial charge >= 0.3 is 0 Å². The SMILES string of the molecule is CCNc1c2c(nc3cc(OCCCN(C)CCF)c(OC)cc13)CCC2. The number of rotatable bonds is 10. The average molecular weight is 375 g/mol. The maximum atomic E-state index is 12.3. The summed E-state index contributed by atoms with van der Waals surface area (Å²) in [6.45, 7) is 4.49. The third kappa shape index (κ3) is 4.43. The zero-order valence-corrected chi connectivity index (χ0v) is 16.6. The number of anilines is 1. The molecule has 0 unspecified atom stereocenters. The molecular weight excluding hydrogens is 345 g/mol. The van der Waals surface area contributed by atoms with E-state index >= 15 is 0 Å². The van der Waals surface area contributed by atoms with Crippen molar-refractivity contribution in [1.82, 2.24) is 9.88 Å². The predicted molar refractivity (Wildman–Crippen MR) is 108 cm³/mol. The maximum absolute atomic E-state index is 12.3. The van der Waals surface area contributed by atoms with Crippen LogP contribution in [0.4, 0.5) is 10.1 Å². The fourth-order valence-electron chi connectivity index (χ4n) is 3.69. The van der Waals surface area contributed by atoms with Crippen LogP contribution >= 0.6 is 0 Å². The van der Waals surface area contributed by atoms with Crippen LogP contribution < -0.4 is 14.8 Å². The Labute approximate surface area is 160 Å². The van der Waals surface area contributed by atoms with Crippen LogP contribution in [0.15, 0.2) is 12.1 Å². The number of aryl methyl sites for hydroxylation is 1. The van der Waals surface area contributed by atoms with Crippen molar-refractivity contribution in [2.75, 3.05) is 52.4 Å². The monoisotopic (exact) mass is 375 g/mol. The van der Waals surface area contributed by atoms with Crippen molar-refractivity contribution in [1.29, 1.82) is 0 Å². The zero-order valence-electron chi connectivity index (χ0n) is 16.6. The van der Waals surface area contributed by atoms with E-state index in [0.717, 1.165) is 55.4 Å². The van der Waals surface area contributed by atoms with E-state index in [-0.39, 0.29) is 6.67 Å². The van der Waals surface area contributed by atoms with Gasteiger partial charge in [0.2, 0.25) is 0 Å². The molecule has 0 bridgehead atoms. The highest BCUT2D eigenvalue weighted by molar-refractivity contribution is 5.96. The summed E-state index contributed by atoms with van der Waals surface area (Å²) in [4.78, 5) is 6.86. The summed E-state index contributed by atoms with van der Waals surface area (Å²) in [5, 5.41) is 4.61.